The van der Waals surface area contributed by atoms with Crippen LogP contribution in [0.4, 0.5) is 0 Å². The summed E-state index contributed by atoms with van der Waals surface area (Å²) in [6, 6.07) is 6.65. The Labute approximate surface area is 101 Å². The zero-order valence-corrected chi connectivity index (χ0v) is 9.52. The topological polar surface area (TPSA) is 54.6 Å². The summed E-state index contributed by atoms with van der Waals surface area (Å²) in [4.78, 5) is 16.3. The number of phenols is 1. The van der Waals surface area contributed by atoms with E-state index < -0.39 is 0 Å². The second kappa shape index (κ2) is 3.71. The van der Waals surface area contributed by atoms with Crippen LogP contribution < -0.4 is 0 Å². The Morgan fingerprint density at radius 1 is 1.29 bits per heavy atom. The van der Waals surface area contributed by atoms with Gasteiger partial charge in [-0.15, -0.1) is 11.3 Å². The number of thiazole rings is 1. The molecule has 0 aliphatic rings. The lowest BCUT2D eigenvalue weighted by Crippen LogP contribution is -1.89. The summed E-state index contributed by atoms with van der Waals surface area (Å²) in [5.74, 6) is 0.197. The number of carbonyl (C=O) groups is 1. The Morgan fingerprint density at radius 2 is 2.06 bits per heavy atom. The van der Waals surface area contributed by atoms with Gasteiger partial charge in [-0.3, -0.25) is 9.20 Å². The van der Waals surface area contributed by atoms with Gasteiger partial charge in [0.2, 0.25) is 0 Å². The van der Waals surface area contributed by atoms with Crippen molar-refractivity contribution in [1.29, 1.82) is 0 Å². The second-order valence-electron chi connectivity index (χ2n) is 3.57. The van der Waals surface area contributed by atoms with Crippen molar-refractivity contribution in [2.75, 3.05) is 0 Å². The number of benzene rings is 1. The molecule has 1 N–H and O–H groups in total. The average Bonchev–Trinajstić information content (AvgIpc) is 2.89. The number of nitrogens with zero attached hydrogens (tertiary/aromatic N) is 2. The van der Waals surface area contributed by atoms with E-state index in [4.69, 9.17) is 0 Å². The molecule has 0 unspecified atom stereocenters. The molecule has 1 aromatic carbocycles. The van der Waals surface area contributed by atoms with Gasteiger partial charge in [-0.1, -0.05) is 0 Å². The molecule has 0 aliphatic heterocycles. The first-order chi connectivity index (χ1) is 8.29. The van der Waals surface area contributed by atoms with Crippen molar-refractivity contribution in [2.24, 2.45) is 0 Å². The highest BCUT2D eigenvalue weighted by molar-refractivity contribution is 7.15. The SMILES string of the molecule is O=Cc1c(-c2ccc(O)cc2)nc2sccn12. The molecule has 84 valence electrons. The predicted octanol–water partition coefficient (Wildman–Crippen LogP) is 2.58. The van der Waals surface area contributed by atoms with Crippen LogP contribution in [0.15, 0.2) is 35.8 Å². The Morgan fingerprint density at radius 3 is 2.76 bits per heavy atom. The van der Waals surface area contributed by atoms with Crippen molar-refractivity contribution < 1.29 is 9.90 Å². The normalized spacial score (nSPS) is 10.8. The van der Waals surface area contributed by atoms with E-state index in [1.165, 1.54) is 11.3 Å². The lowest BCUT2D eigenvalue weighted by atomic mass is 10.1. The van der Waals surface area contributed by atoms with Gasteiger partial charge in [0.1, 0.15) is 17.1 Å². The zero-order chi connectivity index (χ0) is 11.8. The zero-order valence-electron chi connectivity index (χ0n) is 8.70. The Balaban J connectivity index is 2.25. The minimum atomic E-state index is 0.197. The van der Waals surface area contributed by atoms with E-state index in [-0.39, 0.29) is 5.75 Å². The van der Waals surface area contributed by atoms with Gasteiger partial charge in [-0.2, -0.15) is 0 Å². The van der Waals surface area contributed by atoms with Crippen molar-refractivity contribution in [1.82, 2.24) is 9.38 Å². The molecule has 5 heteroatoms. The number of hydrogen-bond acceptors (Lipinski definition) is 4. The van der Waals surface area contributed by atoms with Gasteiger partial charge < -0.3 is 5.11 Å². The van der Waals surface area contributed by atoms with Crippen molar-refractivity contribution in [3.05, 3.63) is 41.5 Å². The third kappa shape index (κ3) is 1.52. The van der Waals surface area contributed by atoms with Gasteiger partial charge in [0.25, 0.3) is 0 Å². The number of phenolic OH excluding ortho intramolecular Hbond substituents is 1. The summed E-state index contributed by atoms with van der Waals surface area (Å²) in [6.45, 7) is 0. The summed E-state index contributed by atoms with van der Waals surface area (Å²) < 4.78 is 1.76. The maximum absolute atomic E-state index is 11.1. The van der Waals surface area contributed by atoms with Gasteiger partial charge in [-0.25, -0.2) is 4.98 Å². The van der Waals surface area contributed by atoms with E-state index in [2.05, 4.69) is 4.98 Å². The predicted molar refractivity (Wildman–Crippen MR) is 65.6 cm³/mol. The molecule has 3 rings (SSSR count). The first-order valence-electron chi connectivity index (χ1n) is 5.00. The number of imidazole rings is 1. The smallest absolute Gasteiger partial charge is 0.194 e. The molecule has 3 aromatic rings. The molecular formula is C12H8N2O2S. The van der Waals surface area contributed by atoms with E-state index >= 15 is 0 Å². The fourth-order valence-corrected chi connectivity index (χ4v) is 2.47. The van der Waals surface area contributed by atoms with Crippen LogP contribution in [0.3, 0.4) is 0 Å². The summed E-state index contributed by atoms with van der Waals surface area (Å²) in [5, 5.41) is 11.1. The molecule has 4 nitrogen and oxygen atoms in total. The number of aromatic hydroxyl groups is 1. The molecular weight excluding hydrogens is 236 g/mol. The maximum Gasteiger partial charge on any atom is 0.194 e. The van der Waals surface area contributed by atoms with Crippen LogP contribution in [0.5, 0.6) is 5.75 Å². The van der Waals surface area contributed by atoms with Crippen LogP contribution in [0.1, 0.15) is 10.5 Å². The van der Waals surface area contributed by atoms with E-state index in [1.54, 1.807) is 28.7 Å². The Bertz CT molecular complexity index is 682. The molecule has 2 heterocycles. The van der Waals surface area contributed by atoms with E-state index in [0.717, 1.165) is 16.8 Å². The average molecular weight is 244 g/mol. The molecule has 0 spiro atoms. The second-order valence-corrected chi connectivity index (χ2v) is 4.44. The number of hydrogen-bond donors (Lipinski definition) is 1. The number of rotatable bonds is 2. The van der Waals surface area contributed by atoms with Crippen molar-refractivity contribution in [3.63, 3.8) is 0 Å². The van der Waals surface area contributed by atoms with Crippen LogP contribution in [0.25, 0.3) is 16.2 Å². The lowest BCUT2D eigenvalue weighted by molar-refractivity contribution is 0.111. The molecule has 17 heavy (non-hydrogen) atoms. The van der Waals surface area contributed by atoms with Crippen molar-refractivity contribution in [3.8, 4) is 17.0 Å². The lowest BCUT2D eigenvalue weighted by Gasteiger charge is -1.98. The molecule has 0 saturated carbocycles. The van der Waals surface area contributed by atoms with Gasteiger partial charge in [0.15, 0.2) is 11.2 Å². The number of fused-ring (bicyclic) bond motifs is 1. The first-order valence-corrected chi connectivity index (χ1v) is 5.87. The molecule has 0 saturated heterocycles. The highest BCUT2D eigenvalue weighted by atomic mass is 32.1. The summed E-state index contributed by atoms with van der Waals surface area (Å²) in [7, 11) is 0. The molecule has 0 aliphatic carbocycles. The Kier molecular flexibility index (Phi) is 2.19. The largest absolute Gasteiger partial charge is 0.508 e. The highest BCUT2D eigenvalue weighted by Crippen LogP contribution is 2.26. The minimum Gasteiger partial charge on any atom is -0.508 e. The third-order valence-corrected chi connectivity index (χ3v) is 3.31. The molecule has 0 radical (unpaired) electrons. The van der Waals surface area contributed by atoms with Crippen molar-refractivity contribution in [2.45, 2.75) is 0 Å². The van der Waals surface area contributed by atoms with Gasteiger partial charge in [0, 0.05) is 17.1 Å². The van der Waals surface area contributed by atoms with Crippen molar-refractivity contribution >= 4 is 22.6 Å². The number of aldehydes is 1. The molecule has 0 amide bonds. The fourth-order valence-electron chi connectivity index (χ4n) is 1.75. The number of carbonyl (C=O) groups excluding carboxylic acids is 1. The van der Waals surface area contributed by atoms with Crippen LogP contribution in [0.2, 0.25) is 0 Å². The third-order valence-electron chi connectivity index (χ3n) is 2.55. The fraction of sp³-hybridized carbons (Fsp3) is 0. The summed E-state index contributed by atoms with van der Waals surface area (Å²) >= 11 is 1.48. The molecule has 0 bridgehead atoms. The summed E-state index contributed by atoms with van der Waals surface area (Å²) in [5.41, 5.74) is 2.00. The highest BCUT2D eigenvalue weighted by Gasteiger charge is 2.13. The quantitative estimate of drug-likeness (QED) is 0.705. The van der Waals surface area contributed by atoms with Gasteiger partial charge in [0.05, 0.1) is 0 Å². The van der Waals surface area contributed by atoms with Crippen LogP contribution >= 0.6 is 11.3 Å². The summed E-state index contributed by atoms with van der Waals surface area (Å²) in [6.07, 6.45) is 2.62. The maximum atomic E-state index is 11.1. The minimum absolute atomic E-state index is 0.197. The van der Waals surface area contributed by atoms with E-state index in [1.807, 2.05) is 11.6 Å². The monoisotopic (exact) mass is 244 g/mol. The number of aromatic nitrogens is 2. The molecule has 2 aromatic heterocycles. The van der Waals surface area contributed by atoms with E-state index in [9.17, 15) is 9.90 Å². The van der Waals surface area contributed by atoms with Crippen LogP contribution in [-0.2, 0) is 0 Å². The molecule has 0 atom stereocenters. The van der Waals surface area contributed by atoms with Crippen LogP contribution in [0, 0.1) is 0 Å². The Hall–Kier alpha value is -2.14. The van der Waals surface area contributed by atoms with Crippen LogP contribution in [-0.4, -0.2) is 20.8 Å². The molecule has 0 fully saturated rings. The first kappa shape index (κ1) is 10.0. The van der Waals surface area contributed by atoms with Gasteiger partial charge >= 0.3 is 0 Å². The van der Waals surface area contributed by atoms with Gasteiger partial charge in [-0.05, 0) is 24.3 Å². The van der Waals surface area contributed by atoms with E-state index in [0.29, 0.717) is 11.4 Å². The standard InChI is InChI=1S/C12H8N2O2S/c15-7-10-11(8-1-3-9(16)4-2-8)13-12-14(10)5-6-17-12/h1-7,16H.